The van der Waals surface area contributed by atoms with Crippen LogP contribution in [-0.2, 0) is 0 Å². The predicted octanol–water partition coefficient (Wildman–Crippen LogP) is 2.14. The van der Waals surface area contributed by atoms with E-state index in [-0.39, 0.29) is 0 Å². The van der Waals surface area contributed by atoms with Gasteiger partial charge in [-0.1, -0.05) is 6.42 Å². The van der Waals surface area contributed by atoms with Crippen molar-refractivity contribution in [2.24, 2.45) is 4.99 Å². The van der Waals surface area contributed by atoms with E-state index < -0.39 is 0 Å². The van der Waals surface area contributed by atoms with Crippen molar-refractivity contribution in [1.29, 1.82) is 0 Å². The number of guanidine groups is 1. The molecular weight excluding hydrogens is 286 g/mol. The predicted molar refractivity (Wildman–Crippen MR) is 101 cm³/mol. The molecule has 23 heavy (non-hydrogen) atoms. The number of rotatable bonds is 8. The highest BCUT2D eigenvalue weighted by Gasteiger charge is 2.17. The molecule has 0 amide bonds. The molecule has 0 saturated carbocycles. The molecule has 1 saturated heterocycles. The van der Waals surface area contributed by atoms with Gasteiger partial charge in [-0.25, -0.2) is 0 Å². The van der Waals surface area contributed by atoms with Crippen LogP contribution >= 0.6 is 0 Å². The van der Waals surface area contributed by atoms with E-state index in [9.17, 15) is 0 Å². The Hall–Kier alpha value is -0.810. The molecular formula is C18H39N5. The van der Waals surface area contributed by atoms with Crippen molar-refractivity contribution in [2.45, 2.75) is 72.0 Å². The standard InChI is InChI=1S/C18H39N5/c1-15(2)23(16(3)4)14-11-21-18(19-6)20-10-13-22-12-8-7-9-17(22)5/h15-17H,7-14H2,1-6H3,(H2,19,20,21). The Balaban J connectivity index is 2.24. The maximum absolute atomic E-state index is 4.33. The molecule has 1 heterocycles. The third kappa shape index (κ3) is 7.53. The van der Waals surface area contributed by atoms with E-state index in [1.807, 2.05) is 7.05 Å². The van der Waals surface area contributed by atoms with E-state index in [1.54, 1.807) is 0 Å². The average molecular weight is 326 g/mol. The van der Waals surface area contributed by atoms with Crippen LogP contribution in [0.1, 0.15) is 53.9 Å². The molecule has 5 heteroatoms. The summed E-state index contributed by atoms with van der Waals surface area (Å²) in [6.45, 7) is 16.6. The third-order valence-corrected chi connectivity index (χ3v) is 4.84. The summed E-state index contributed by atoms with van der Waals surface area (Å²) >= 11 is 0. The zero-order chi connectivity index (χ0) is 17.2. The first-order valence-electron chi connectivity index (χ1n) is 9.40. The second-order valence-corrected chi connectivity index (χ2v) is 7.23. The van der Waals surface area contributed by atoms with Crippen LogP contribution < -0.4 is 10.6 Å². The van der Waals surface area contributed by atoms with Crippen LogP contribution in [0.4, 0.5) is 0 Å². The highest BCUT2D eigenvalue weighted by Crippen LogP contribution is 2.15. The second-order valence-electron chi connectivity index (χ2n) is 7.23. The number of aliphatic imine (C=N–C) groups is 1. The summed E-state index contributed by atoms with van der Waals surface area (Å²) in [5.74, 6) is 0.919. The van der Waals surface area contributed by atoms with E-state index in [0.717, 1.165) is 38.2 Å². The molecule has 2 N–H and O–H groups in total. The van der Waals surface area contributed by atoms with Crippen LogP contribution in [0.2, 0.25) is 0 Å². The van der Waals surface area contributed by atoms with Gasteiger partial charge in [-0.2, -0.15) is 0 Å². The lowest BCUT2D eigenvalue weighted by molar-refractivity contribution is 0.163. The zero-order valence-electron chi connectivity index (χ0n) is 16.2. The summed E-state index contributed by atoms with van der Waals surface area (Å²) in [7, 11) is 1.85. The minimum atomic E-state index is 0.576. The van der Waals surface area contributed by atoms with E-state index in [4.69, 9.17) is 0 Å². The van der Waals surface area contributed by atoms with Gasteiger partial charge >= 0.3 is 0 Å². The summed E-state index contributed by atoms with van der Waals surface area (Å²) in [4.78, 5) is 9.42. The van der Waals surface area contributed by atoms with Crippen LogP contribution in [0.3, 0.4) is 0 Å². The van der Waals surface area contributed by atoms with Crippen LogP contribution in [0.25, 0.3) is 0 Å². The van der Waals surface area contributed by atoms with E-state index >= 15 is 0 Å². The van der Waals surface area contributed by atoms with Crippen LogP contribution in [0, 0.1) is 0 Å². The fourth-order valence-corrected chi connectivity index (χ4v) is 3.44. The Morgan fingerprint density at radius 2 is 1.78 bits per heavy atom. The van der Waals surface area contributed by atoms with Gasteiger partial charge < -0.3 is 10.6 Å². The molecule has 1 aliphatic heterocycles. The lowest BCUT2D eigenvalue weighted by Crippen LogP contribution is -2.47. The summed E-state index contributed by atoms with van der Waals surface area (Å²) in [6.07, 6.45) is 4.07. The van der Waals surface area contributed by atoms with Gasteiger partial charge in [0.2, 0.25) is 0 Å². The molecule has 0 radical (unpaired) electrons. The van der Waals surface area contributed by atoms with Crippen molar-refractivity contribution in [3.05, 3.63) is 0 Å². The SMILES string of the molecule is CN=C(NCCN1CCCCC1C)NCCN(C(C)C)C(C)C. The molecule has 0 spiro atoms. The molecule has 1 atom stereocenters. The molecule has 1 unspecified atom stereocenters. The zero-order valence-corrected chi connectivity index (χ0v) is 16.2. The topological polar surface area (TPSA) is 42.9 Å². The molecule has 0 bridgehead atoms. The van der Waals surface area contributed by atoms with Crippen molar-refractivity contribution in [3.8, 4) is 0 Å². The fourth-order valence-electron chi connectivity index (χ4n) is 3.44. The van der Waals surface area contributed by atoms with Gasteiger partial charge in [-0.15, -0.1) is 0 Å². The van der Waals surface area contributed by atoms with Gasteiger partial charge in [0.15, 0.2) is 5.96 Å². The highest BCUT2D eigenvalue weighted by molar-refractivity contribution is 5.79. The summed E-state index contributed by atoms with van der Waals surface area (Å²) in [5.41, 5.74) is 0. The highest BCUT2D eigenvalue weighted by atomic mass is 15.2. The Kier molecular flexibility index (Phi) is 9.56. The van der Waals surface area contributed by atoms with Gasteiger partial charge in [0, 0.05) is 51.4 Å². The normalized spacial score (nSPS) is 20.6. The average Bonchev–Trinajstić information content (AvgIpc) is 2.50. The quantitative estimate of drug-likeness (QED) is 0.530. The van der Waals surface area contributed by atoms with Crippen molar-refractivity contribution < 1.29 is 0 Å². The van der Waals surface area contributed by atoms with Gasteiger partial charge in [-0.05, 0) is 54.0 Å². The minimum absolute atomic E-state index is 0.576. The van der Waals surface area contributed by atoms with Crippen molar-refractivity contribution >= 4 is 5.96 Å². The second kappa shape index (κ2) is 10.9. The van der Waals surface area contributed by atoms with Crippen LogP contribution in [-0.4, -0.2) is 73.7 Å². The van der Waals surface area contributed by atoms with Crippen molar-refractivity contribution in [1.82, 2.24) is 20.4 Å². The number of hydrogen-bond acceptors (Lipinski definition) is 3. The Labute approximate surface area is 143 Å². The molecule has 0 aliphatic carbocycles. The summed E-state index contributed by atoms with van der Waals surface area (Å²) in [5, 5.41) is 6.89. The number of nitrogens with zero attached hydrogens (tertiary/aromatic N) is 3. The molecule has 0 aromatic rings. The molecule has 1 rings (SSSR count). The maximum Gasteiger partial charge on any atom is 0.191 e. The fraction of sp³-hybridized carbons (Fsp3) is 0.944. The van der Waals surface area contributed by atoms with Gasteiger partial charge in [0.1, 0.15) is 0 Å². The van der Waals surface area contributed by atoms with E-state index in [1.165, 1.54) is 25.8 Å². The lowest BCUT2D eigenvalue weighted by atomic mass is 10.0. The Bertz CT molecular complexity index is 332. The molecule has 5 nitrogen and oxygen atoms in total. The Morgan fingerprint density at radius 3 is 2.35 bits per heavy atom. The smallest absolute Gasteiger partial charge is 0.191 e. The lowest BCUT2D eigenvalue weighted by Gasteiger charge is -2.33. The largest absolute Gasteiger partial charge is 0.355 e. The van der Waals surface area contributed by atoms with Gasteiger partial charge in [-0.3, -0.25) is 14.8 Å². The first-order chi connectivity index (χ1) is 11.0. The molecule has 1 fully saturated rings. The first kappa shape index (κ1) is 20.2. The number of hydrogen-bond donors (Lipinski definition) is 2. The maximum atomic E-state index is 4.33. The van der Waals surface area contributed by atoms with Gasteiger partial charge in [0.05, 0.1) is 0 Å². The van der Waals surface area contributed by atoms with Crippen molar-refractivity contribution in [2.75, 3.05) is 39.8 Å². The molecule has 1 aliphatic rings. The summed E-state index contributed by atoms with van der Waals surface area (Å²) in [6, 6.07) is 1.88. The van der Waals surface area contributed by atoms with E-state index in [2.05, 4.69) is 60.0 Å². The van der Waals surface area contributed by atoms with Crippen LogP contribution in [0.5, 0.6) is 0 Å². The third-order valence-electron chi connectivity index (χ3n) is 4.84. The number of likely N-dealkylation sites (tertiary alicyclic amines) is 1. The summed E-state index contributed by atoms with van der Waals surface area (Å²) < 4.78 is 0. The monoisotopic (exact) mass is 325 g/mol. The Morgan fingerprint density at radius 1 is 1.13 bits per heavy atom. The van der Waals surface area contributed by atoms with Gasteiger partial charge in [0.25, 0.3) is 0 Å². The number of piperidine rings is 1. The van der Waals surface area contributed by atoms with E-state index in [0.29, 0.717) is 12.1 Å². The minimum Gasteiger partial charge on any atom is -0.355 e. The van der Waals surface area contributed by atoms with Crippen LogP contribution in [0.15, 0.2) is 4.99 Å². The molecule has 136 valence electrons. The molecule has 0 aromatic carbocycles. The van der Waals surface area contributed by atoms with Crippen molar-refractivity contribution in [3.63, 3.8) is 0 Å². The number of nitrogens with one attached hydrogen (secondary N) is 2. The first-order valence-corrected chi connectivity index (χ1v) is 9.40. The molecule has 0 aromatic heterocycles.